The summed E-state index contributed by atoms with van der Waals surface area (Å²) in [5.41, 5.74) is 6.70. The second-order valence-electron chi connectivity index (χ2n) is 5.55. The van der Waals surface area contributed by atoms with Crippen molar-refractivity contribution in [3.05, 3.63) is 29.6 Å². The Labute approximate surface area is 119 Å². The van der Waals surface area contributed by atoms with Gasteiger partial charge in [0.2, 0.25) is 0 Å². The van der Waals surface area contributed by atoms with Gasteiger partial charge in [0, 0.05) is 24.3 Å². The molecule has 2 rings (SSSR count). The molecule has 0 spiro atoms. The highest BCUT2D eigenvalue weighted by Gasteiger charge is 2.22. The van der Waals surface area contributed by atoms with Gasteiger partial charge >= 0.3 is 0 Å². The van der Waals surface area contributed by atoms with Crippen LogP contribution in [0.15, 0.2) is 18.2 Å². The van der Waals surface area contributed by atoms with Gasteiger partial charge in [-0.15, -0.1) is 0 Å². The Morgan fingerprint density at radius 2 is 1.95 bits per heavy atom. The first kappa shape index (κ1) is 14.3. The molecule has 104 valence electrons. The Morgan fingerprint density at radius 1 is 1.32 bits per heavy atom. The summed E-state index contributed by atoms with van der Waals surface area (Å²) < 4.78 is 13.9. The van der Waals surface area contributed by atoms with Gasteiger partial charge in [-0.25, -0.2) is 4.39 Å². The SMILES string of the molecule is CC1CCC(N(C)c2ccc(C(N)=S)c(F)c2)CC1. The third-order valence-electron chi connectivity index (χ3n) is 4.16. The molecule has 0 bridgehead atoms. The average Bonchev–Trinajstić information content (AvgIpc) is 2.38. The normalized spacial score (nSPS) is 23.1. The Hall–Kier alpha value is -1.16. The highest BCUT2D eigenvalue weighted by molar-refractivity contribution is 7.80. The average molecular weight is 280 g/mol. The molecule has 0 aliphatic heterocycles. The maximum absolute atomic E-state index is 13.9. The quantitative estimate of drug-likeness (QED) is 0.860. The van der Waals surface area contributed by atoms with Crippen molar-refractivity contribution in [2.75, 3.05) is 11.9 Å². The minimum Gasteiger partial charge on any atom is -0.389 e. The molecule has 2 nitrogen and oxygen atoms in total. The first-order valence-electron chi connectivity index (χ1n) is 6.81. The maximum atomic E-state index is 13.9. The Balaban J connectivity index is 2.13. The molecule has 0 heterocycles. The van der Waals surface area contributed by atoms with Gasteiger partial charge in [-0.05, 0) is 49.8 Å². The van der Waals surface area contributed by atoms with Crippen molar-refractivity contribution in [1.82, 2.24) is 0 Å². The molecule has 4 heteroatoms. The van der Waals surface area contributed by atoms with Gasteiger partial charge < -0.3 is 10.6 Å². The first-order valence-corrected chi connectivity index (χ1v) is 7.22. The summed E-state index contributed by atoms with van der Waals surface area (Å²) in [6.45, 7) is 2.30. The smallest absolute Gasteiger partial charge is 0.135 e. The molecule has 1 aromatic carbocycles. The molecule has 0 unspecified atom stereocenters. The van der Waals surface area contributed by atoms with Crippen molar-refractivity contribution < 1.29 is 4.39 Å². The lowest BCUT2D eigenvalue weighted by Gasteiger charge is -2.35. The molecule has 0 amide bonds. The van der Waals surface area contributed by atoms with Crippen molar-refractivity contribution in [2.24, 2.45) is 11.7 Å². The number of thiocarbonyl (C=S) groups is 1. The number of halogens is 1. The third-order valence-corrected chi connectivity index (χ3v) is 4.38. The van der Waals surface area contributed by atoms with E-state index in [9.17, 15) is 4.39 Å². The molecule has 19 heavy (non-hydrogen) atoms. The number of rotatable bonds is 3. The van der Waals surface area contributed by atoms with Crippen LogP contribution >= 0.6 is 12.2 Å². The topological polar surface area (TPSA) is 29.3 Å². The molecule has 0 atom stereocenters. The van der Waals surface area contributed by atoms with Crippen LogP contribution in [0.25, 0.3) is 0 Å². The monoisotopic (exact) mass is 280 g/mol. The summed E-state index contributed by atoms with van der Waals surface area (Å²) >= 11 is 4.82. The number of benzene rings is 1. The van der Waals surface area contributed by atoms with Crippen molar-refractivity contribution in [3.8, 4) is 0 Å². The number of nitrogens with two attached hydrogens (primary N) is 1. The van der Waals surface area contributed by atoms with E-state index in [1.807, 2.05) is 13.1 Å². The van der Waals surface area contributed by atoms with Crippen molar-refractivity contribution >= 4 is 22.9 Å². The van der Waals surface area contributed by atoms with E-state index < -0.39 is 0 Å². The minimum absolute atomic E-state index is 0.109. The molecule has 0 saturated heterocycles. The summed E-state index contributed by atoms with van der Waals surface area (Å²) in [5, 5.41) is 0. The fourth-order valence-electron chi connectivity index (χ4n) is 2.76. The van der Waals surface area contributed by atoms with E-state index in [1.54, 1.807) is 6.07 Å². The van der Waals surface area contributed by atoms with Crippen LogP contribution in [-0.4, -0.2) is 18.1 Å². The lowest BCUT2D eigenvalue weighted by Crippen LogP contribution is -2.34. The molecular formula is C15H21FN2S. The van der Waals surface area contributed by atoms with E-state index in [2.05, 4.69) is 11.8 Å². The van der Waals surface area contributed by atoms with Crippen LogP contribution in [0, 0.1) is 11.7 Å². The van der Waals surface area contributed by atoms with E-state index in [1.165, 1.54) is 31.7 Å². The fourth-order valence-corrected chi connectivity index (χ4v) is 2.93. The van der Waals surface area contributed by atoms with Crippen LogP contribution in [0.2, 0.25) is 0 Å². The summed E-state index contributed by atoms with van der Waals surface area (Å²) in [6, 6.07) is 5.61. The highest BCUT2D eigenvalue weighted by Crippen LogP contribution is 2.29. The lowest BCUT2D eigenvalue weighted by molar-refractivity contribution is 0.340. The summed E-state index contributed by atoms with van der Waals surface area (Å²) in [4.78, 5) is 2.29. The number of hydrogen-bond donors (Lipinski definition) is 1. The maximum Gasteiger partial charge on any atom is 0.135 e. The minimum atomic E-state index is -0.332. The zero-order chi connectivity index (χ0) is 14.0. The standard InChI is InChI=1S/C15H21FN2S/c1-10-3-5-11(6-4-10)18(2)12-7-8-13(15(17)19)14(16)9-12/h7-11H,3-6H2,1-2H3,(H2,17,19). The molecule has 1 saturated carbocycles. The van der Waals surface area contributed by atoms with Crippen LogP contribution < -0.4 is 10.6 Å². The predicted octanol–water partition coefficient (Wildman–Crippen LogP) is 3.47. The fraction of sp³-hybridized carbons (Fsp3) is 0.533. The van der Waals surface area contributed by atoms with E-state index >= 15 is 0 Å². The zero-order valence-corrected chi connectivity index (χ0v) is 12.3. The molecule has 0 radical (unpaired) electrons. The van der Waals surface area contributed by atoms with Gasteiger partial charge in [0.25, 0.3) is 0 Å². The molecule has 2 N–H and O–H groups in total. The van der Waals surface area contributed by atoms with Crippen molar-refractivity contribution in [2.45, 2.75) is 38.6 Å². The van der Waals surface area contributed by atoms with Gasteiger partial charge in [0.1, 0.15) is 10.8 Å². The van der Waals surface area contributed by atoms with Crippen LogP contribution in [0.1, 0.15) is 38.2 Å². The summed E-state index contributed by atoms with van der Waals surface area (Å²) in [6.07, 6.45) is 4.86. The van der Waals surface area contributed by atoms with Crippen LogP contribution in [0.4, 0.5) is 10.1 Å². The number of anilines is 1. The van der Waals surface area contributed by atoms with E-state index in [-0.39, 0.29) is 10.8 Å². The second kappa shape index (κ2) is 5.87. The number of hydrogen-bond acceptors (Lipinski definition) is 2. The zero-order valence-electron chi connectivity index (χ0n) is 11.5. The molecule has 1 fully saturated rings. The predicted molar refractivity (Wildman–Crippen MR) is 82.1 cm³/mol. The van der Waals surface area contributed by atoms with Crippen molar-refractivity contribution in [3.63, 3.8) is 0 Å². The van der Waals surface area contributed by atoms with Crippen LogP contribution in [0.5, 0.6) is 0 Å². The van der Waals surface area contributed by atoms with Gasteiger partial charge in [-0.3, -0.25) is 0 Å². The third kappa shape index (κ3) is 3.24. The van der Waals surface area contributed by atoms with Crippen LogP contribution in [0.3, 0.4) is 0 Å². The molecule has 1 aliphatic rings. The van der Waals surface area contributed by atoms with Gasteiger partial charge in [-0.1, -0.05) is 19.1 Å². The highest BCUT2D eigenvalue weighted by atomic mass is 32.1. The van der Waals surface area contributed by atoms with Crippen LogP contribution in [-0.2, 0) is 0 Å². The van der Waals surface area contributed by atoms with E-state index in [0.29, 0.717) is 11.6 Å². The molecule has 0 aromatic heterocycles. The Morgan fingerprint density at radius 3 is 2.47 bits per heavy atom. The number of nitrogens with zero attached hydrogens (tertiary/aromatic N) is 1. The molecule has 1 aromatic rings. The van der Waals surface area contributed by atoms with Crippen molar-refractivity contribution in [1.29, 1.82) is 0 Å². The Kier molecular flexibility index (Phi) is 4.40. The summed E-state index contributed by atoms with van der Waals surface area (Å²) in [5.74, 6) is 0.486. The first-order chi connectivity index (χ1) is 8.99. The van der Waals surface area contributed by atoms with E-state index in [4.69, 9.17) is 18.0 Å². The van der Waals surface area contributed by atoms with E-state index in [0.717, 1.165) is 11.6 Å². The van der Waals surface area contributed by atoms with Gasteiger partial charge in [-0.2, -0.15) is 0 Å². The molecular weight excluding hydrogens is 259 g/mol. The summed E-state index contributed by atoms with van der Waals surface area (Å²) in [7, 11) is 2.04. The van der Waals surface area contributed by atoms with Gasteiger partial charge in [0.15, 0.2) is 0 Å². The second-order valence-corrected chi connectivity index (χ2v) is 5.99. The lowest BCUT2D eigenvalue weighted by atomic mass is 9.86. The molecule has 1 aliphatic carbocycles. The largest absolute Gasteiger partial charge is 0.389 e. The van der Waals surface area contributed by atoms with Gasteiger partial charge in [0.05, 0.1) is 0 Å². The Bertz CT molecular complexity index is 467.